The van der Waals surface area contributed by atoms with E-state index in [-0.39, 0.29) is 11.7 Å². The van der Waals surface area contributed by atoms with E-state index in [4.69, 9.17) is 9.15 Å². The highest BCUT2D eigenvalue weighted by Gasteiger charge is 2.10. The molecule has 0 spiro atoms. The van der Waals surface area contributed by atoms with Crippen LogP contribution in [0.25, 0.3) is 11.0 Å². The van der Waals surface area contributed by atoms with Crippen LogP contribution in [0.15, 0.2) is 33.5 Å². The summed E-state index contributed by atoms with van der Waals surface area (Å²) in [7, 11) is 3.54. The van der Waals surface area contributed by atoms with Crippen molar-refractivity contribution >= 4 is 11.0 Å². The zero-order chi connectivity index (χ0) is 15.4. The van der Waals surface area contributed by atoms with Crippen molar-refractivity contribution in [3.8, 4) is 5.75 Å². The zero-order valence-corrected chi connectivity index (χ0v) is 12.6. The van der Waals surface area contributed by atoms with E-state index in [9.17, 15) is 9.90 Å². The fourth-order valence-corrected chi connectivity index (χ4v) is 2.25. The second-order valence-corrected chi connectivity index (χ2v) is 5.33. The van der Waals surface area contributed by atoms with E-state index >= 15 is 0 Å². The molecule has 1 aromatic heterocycles. The minimum absolute atomic E-state index is 0.325. The van der Waals surface area contributed by atoms with Gasteiger partial charge < -0.3 is 19.2 Å². The van der Waals surface area contributed by atoms with Gasteiger partial charge in [-0.15, -0.1) is 0 Å². The molecule has 2 aromatic rings. The Hall–Kier alpha value is -1.85. The third-order valence-corrected chi connectivity index (χ3v) is 3.41. The van der Waals surface area contributed by atoms with Gasteiger partial charge >= 0.3 is 5.63 Å². The zero-order valence-electron chi connectivity index (χ0n) is 12.6. The highest BCUT2D eigenvalue weighted by atomic mass is 16.5. The van der Waals surface area contributed by atoms with Gasteiger partial charge in [0.05, 0.1) is 13.2 Å². The van der Waals surface area contributed by atoms with Gasteiger partial charge in [0, 0.05) is 30.6 Å². The van der Waals surface area contributed by atoms with Gasteiger partial charge in [-0.1, -0.05) is 0 Å². The second-order valence-electron chi connectivity index (χ2n) is 5.33. The number of aliphatic hydroxyl groups excluding tert-OH is 1. The van der Waals surface area contributed by atoms with Crippen LogP contribution in [0, 0.1) is 0 Å². The fraction of sp³-hybridized carbons (Fsp3) is 0.438. The van der Waals surface area contributed by atoms with Crippen molar-refractivity contribution in [2.24, 2.45) is 0 Å². The number of aliphatic hydroxyl groups is 1. The summed E-state index contributed by atoms with van der Waals surface area (Å²) in [5, 5.41) is 10.2. The number of methoxy groups -OCH3 is 1. The number of hydrogen-bond donors (Lipinski definition) is 1. The topological polar surface area (TPSA) is 62.9 Å². The monoisotopic (exact) mass is 291 g/mol. The maximum Gasteiger partial charge on any atom is 0.336 e. The van der Waals surface area contributed by atoms with E-state index in [1.807, 2.05) is 19.2 Å². The summed E-state index contributed by atoms with van der Waals surface area (Å²) >= 11 is 0. The van der Waals surface area contributed by atoms with Crippen LogP contribution in [0.5, 0.6) is 5.75 Å². The van der Waals surface area contributed by atoms with Gasteiger partial charge in [0.25, 0.3) is 0 Å². The molecule has 0 aliphatic rings. The van der Waals surface area contributed by atoms with Crippen LogP contribution in [0.3, 0.4) is 0 Å². The summed E-state index contributed by atoms with van der Waals surface area (Å²) in [6.45, 7) is 3.16. The molecule has 1 heterocycles. The third-order valence-electron chi connectivity index (χ3n) is 3.41. The lowest BCUT2D eigenvalue weighted by molar-refractivity contribution is 0.163. The number of fused-ring (bicyclic) bond motifs is 1. The molecular formula is C16H21NO4. The van der Waals surface area contributed by atoms with Crippen LogP contribution < -0.4 is 10.4 Å². The van der Waals surface area contributed by atoms with Crippen LogP contribution >= 0.6 is 0 Å². The number of rotatable bonds is 6. The summed E-state index contributed by atoms with van der Waals surface area (Å²) in [5.74, 6) is 0.658. The Kier molecular flexibility index (Phi) is 4.98. The first kappa shape index (κ1) is 15.5. The SMILES string of the molecule is COc1ccc2c(CN(C)CCC(C)O)cc(=O)oc2c1. The molecule has 0 aliphatic carbocycles. The van der Waals surface area contributed by atoms with Crippen molar-refractivity contribution < 1.29 is 14.3 Å². The minimum Gasteiger partial charge on any atom is -0.497 e. The smallest absolute Gasteiger partial charge is 0.336 e. The molecule has 0 radical (unpaired) electrons. The highest BCUT2D eigenvalue weighted by molar-refractivity contribution is 5.81. The molecular weight excluding hydrogens is 270 g/mol. The lowest BCUT2D eigenvalue weighted by atomic mass is 10.1. The van der Waals surface area contributed by atoms with Gasteiger partial charge in [-0.25, -0.2) is 4.79 Å². The van der Waals surface area contributed by atoms with Gasteiger partial charge in [-0.2, -0.15) is 0 Å². The van der Waals surface area contributed by atoms with Crippen molar-refractivity contribution in [3.05, 3.63) is 40.2 Å². The van der Waals surface area contributed by atoms with Gasteiger partial charge in [0.15, 0.2) is 0 Å². The molecule has 114 valence electrons. The maximum atomic E-state index is 11.7. The lowest BCUT2D eigenvalue weighted by Gasteiger charge is -2.18. The molecule has 21 heavy (non-hydrogen) atoms. The average Bonchev–Trinajstić information content (AvgIpc) is 2.44. The molecule has 1 aromatic carbocycles. The Morgan fingerprint density at radius 2 is 2.14 bits per heavy atom. The standard InChI is InChI=1S/C16H21NO4/c1-11(18)6-7-17(2)10-12-8-16(19)21-15-9-13(20-3)4-5-14(12)15/h4-5,8-9,11,18H,6-7,10H2,1-3H3. The van der Waals surface area contributed by atoms with Gasteiger partial charge in [-0.05, 0) is 38.1 Å². The Morgan fingerprint density at radius 1 is 1.38 bits per heavy atom. The minimum atomic E-state index is -0.366. The molecule has 5 nitrogen and oxygen atoms in total. The van der Waals surface area contributed by atoms with E-state index in [0.29, 0.717) is 24.3 Å². The molecule has 1 N–H and O–H groups in total. The molecule has 1 unspecified atom stereocenters. The van der Waals surface area contributed by atoms with Crippen LogP contribution in [-0.4, -0.2) is 36.8 Å². The van der Waals surface area contributed by atoms with E-state index in [2.05, 4.69) is 4.90 Å². The maximum absolute atomic E-state index is 11.7. The third kappa shape index (κ3) is 4.06. The first-order chi connectivity index (χ1) is 9.99. The van der Waals surface area contributed by atoms with Crippen molar-refractivity contribution in [1.29, 1.82) is 0 Å². The Balaban J connectivity index is 2.28. The number of ether oxygens (including phenoxy) is 1. The molecule has 1 atom stereocenters. The second kappa shape index (κ2) is 6.74. The molecule has 0 amide bonds. The molecule has 0 saturated heterocycles. The summed E-state index contributed by atoms with van der Waals surface area (Å²) in [6, 6.07) is 6.99. The Morgan fingerprint density at radius 3 is 2.81 bits per heavy atom. The summed E-state index contributed by atoms with van der Waals surface area (Å²) in [6.07, 6.45) is 0.373. The Bertz CT molecular complexity index is 663. The van der Waals surface area contributed by atoms with E-state index in [0.717, 1.165) is 17.5 Å². The molecule has 0 fully saturated rings. The molecule has 2 rings (SSSR count). The quantitative estimate of drug-likeness (QED) is 0.825. The van der Waals surface area contributed by atoms with E-state index in [1.165, 1.54) is 6.07 Å². The van der Waals surface area contributed by atoms with Gasteiger partial charge in [0.2, 0.25) is 0 Å². The van der Waals surface area contributed by atoms with Crippen LogP contribution in [-0.2, 0) is 6.54 Å². The van der Waals surface area contributed by atoms with Crippen molar-refractivity contribution in [3.63, 3.8) is 0 Å². The Labute approximate surface area is 123 Å². The summed E-state index contributed by atoms with van der Waals surface area (Å²) < 4.78 is 10.4. The van der Waals surface area contributed by atoms with E-state index in [1.54, 1.807) is 20.1 Å². The van der Waals surface area contributed by atoms with Crippen LogP contribution in [0.4, 0.5) is 0 Å². The average molecular weight is 291 g/mol. The van der Waals surface area contributed by atoms with Crippen LogP contribution in [0.1, 0.15) is 18.9 Å². The summed E-state index contributed by atoms with van der Waals surface area (Å²) in [5.41, 5.74) is 1.08. The van der Waals surface area contributed by atoms with E-state index < -0.39 is 0 Å². The number of nitrogens with zero attached hydrogens (tertiary/aromatic N) is 1. The fourth-order valence-electron chi connectivity index (χ4n) is 2.25. The lowest BCUT2D eigenvalue weighted by Crippen LogP contribution is -2.22. The molecule has 5 heteroatoms. The van der Waals surface area contributed by atoms with Gasteiger partial charge in [-0.3, -0.25) is 0 Å². The van der Waals surface area contributed by atoms with Crippen molar-refractivity contribution in [1.82, 2.24) is 4.90 Å². The number of benzene rings is 1. The molecule has 0 aliphatic heterocycles. The largest absolute Gasteiger partial charge is 0.497 e. The first-order valence-electron chi connectivity index (χ1n) is 6.97. The first-order valence-corrected chi connectivity index (χ1v) is 6.97. The number of hydrogen-bond acceptors (Lipinski definition) is 5. The molecule has 0 bridgehead atoms. The summed E-state index contributed by atoms with van der Waals surface area (Å²) in [4.78, 5) is 13.8. The van der Waals surface area contributed by atoms with Crippen molar-refractivity contribution in [2.45, 2.75) is 26.0 Å². The predicted molar refractivity (Wildman–Crippen MR) is 81.7 cm³/mol. The predicted octanol–water partition coefficient (Wildman–Crippen LogP) is 2.00. The van der Waals surface area contributed by atoms with Gasteiger partial charge in [0.1, 0.15) is 11.3 Å². The highest BCUT2D eigenvalue weighted by Crippen LogP contribution is 2.23. The molecule has 0 saturated carbocycles. The van der Waals surface area contributed by atoms with Crippen LogP contribution in [0.2, 0.25) is 0 Å². The van der Waals surface area contributed by atoms with Crippen molar-refractivity contribution in [2.75, 3.05) is 20.7 Å². The normalized spacial score (nSPS) is 12.8.